The van der Waals surface area contributed by atoms with Crippen LogP contribution in [-0.4, -0.2) is 28.3 Å². The molecule has 3 aromatic rings. The van der Waals surface area contributed by atoms with Gasteiger partial charge in [0.15, 0.2) is 11.9 Å². The molecule has 0 aliphatic carbocycles. The lowest BCUT2D eigenvalue weighted by atomic mass is 10.1. The number of carbonyl (C=O) groups excluding carboxylic acids is 3. The van der Waals surface area contributed by atoms with E-state index in [1.165, 1.54) is 13.8 Å². The number of hydrogen-bond donors (Lipinski definition) is 1. The Kier molecular flexibility index (Phi) is 6.20. The van der Waals surface area contributed by atoms with Crippen LogP contribution >= 0.6 is 0 Å². The molecule has 156 valence electrons. The van der Waals surface area contributed by atoms with Crippen molar-refractivity contribution >= 4 is 23.3 Å². The van der Waals surface area contributed by atoms with E-state index in [1.807, 2.05) is 30.5 Å². The van der Waals surface area contributed by atoms with Crippen molar-refractivity contribution in [1.29, 1.82) is 0 Å². The number of carbonyl (C=O) groups is 3. The lowest BCUT2D eigenvalue weighted by Gasteiger charge is -2.15. The number of Topliss-reactive ketones (excluding diaryl/α,β-unsaturated/α-hetero) is 1. The predicted octanol–water partition coefficient (Wildman–Crippen LogP) is 4.13. The first-order chi connectivity index (χ1) is 14.3. The minimum Gasteiger partial charge on any atom is -0.467 e. The summed E-state index contributed by atoms with van der Waals surface area (Å²) in [7, 11) is 0. The fraction of sp³-hybridized carbons (Fsp3) is 0.261. The fourth-order valence-corrected chi connectivity index (χ4v) is 3.22. The standard InChI is InChI=1S/C23H24N2O5/c1-14-12-20(15(2)25(14)13-18-8-7-11-29-18)23(28)30-17(4)22(27)24-21-10-6-5-9-19(21)16(3)26/h5-12,17H,13H2,1-4H3,(H,24,27)/t17-/m1/s1. The summed E-state index contributed by atoms with van der Waals surface area (Å²) in [6.45, 7) is 7.12. The van der Waals surface area contributed by atoms with Gasteiger partial charge in [-0.3, -0.25) is 9.59 Å². The number of aryl methyl sites for hydroxylation is 1. The average molecular weight is 408 g/mol. The zero-order valence-electron chi connectivity index (χ0n) is 17.4. The maximum atomic E-state index is 12.7. The number of benzene rings is 1. The van der Waals surface area contributed by atoms with Crippen LogP contribution < -0.4 is 5.32 Å². The van der Waals surface area contributed by atoms with Gasteiger partial charge in [-0.1, -0.05) is 12.1 Å². The van der Waals surface area contributed by atoms with Crippen LogP contribution in [-0.2, 0) is 16.1 Å². The Labute approximate surface area is 174 Å². The molecule has 2 heterocycles. The molecule has 2 aromatic heterocycles. The summed E-state index contributed by atoms with van der Waals surface area (Å²) in [5, 5.41) is 2.65. The molecule has 0 aliphatic heterocycles. The first-order valence-electron chi connectivity index (χ1n) is 9.59. The predicted molar refractivity (Wildman–Crippen MR) is 112 cm³/mol. The smallest absolute Gasteiger partial charge is 0.340 e. The Balaban J connectivity index is 1.70. The lowest BCUT2D eigenvalue weighted by molar-refractivity contribution is -0.123. The molecule has 1 N–H and O–H groups in total. The number of ketones is 1. The minimum atomic E-state index is -1.04. The zero-order chi connectivity index (χ0) is 21.8. The van der Waals surface area contributed by atoms with Gasteiger partial charge in [0.05, 0.1) is 24.1 Å². The maximum absolute atomic E-state index is 12.7. The summed E-state index contributed by atoms with van der Waals surface area (Å²) < 4.78 is 12.7. The Hall–Kier alpha value is -3.61. The number of aromatic nitrogens is 1. The molecule has 30 heavy (non-hydrogen) atoms. The zero-order valence-corrected chi connectivity index (χ0v) is 17.4. The molecule has 0 unspecified atom stereocenters. The molecule has 0 saturated heterocycles. The molecular formula is C23H24N2O5. The number of nitrogens with one attached hydrogen (secondary N) is 1. The van der Waals surface area contributed by atoms with Crippen LogP contribution in [0.4, 0.5) is 5.69 Å². The number of furan rings is 1. The number of para-hydroxylation sites is 1. The van der Waals surface area contributed by atoms with E-state index >= 15 is 0 Å². The number of rotatable bonds is 7. The molecule has 0 saturated carbocycles. The highest BCUT2D eigenvalue weighted by Gasteiger charge is 2.23. The molecule has 1 aromatic carbocycles. The molecule has 0 bridgehead atoms. The van der Waals surface area contributed by atoms with Crippen LogP contribution in [0.5, 0.6) is 0 Å². The van der Waals surface area contributed by atoms with Gasteiger partial charge < -0.3 is 19.0 Å². The molecular weight excluding hydrogens is 384 g/mol. The van der Waals surface area contributed by atoms with E-state index in [0.717, 1.165) is 17.1 Å². The largest absolute Gasteiger partial charge is 0.467 e. The third-order valence-electron chi connectivity index (χ3n) is 4.90. The van der Waals surface area contributed by atoms with E-state index < -0.39 is 18.0 Å². The van der Waals surface area contributed by atoms with Gasteiger partial charge in [0.2, 0.25) is 0 Å². The summed E-state index contributed by atoms with van der Waals surface area (Å²) in [6, 6.07) is 12.1. The van der Waals surface area contributed by atoms with E-state index in [0.29, 0.717) is 23.4 Å². The second-order valence-electron chi connectivity index (χ2n) is 7.09. The van der Waals surface area contributed by atoms with Crippen LogP contribution in [0.2, 0.25) is 0 Å². The molecule has 1 atom stereocenters. The van der Waals surface area contributed by atoms with E-state index in [9.17, 15) is 14.4 Å². The van der Waals surface area contributed by atoms with E-state index in [2.05, 4.69) is 5.32 Å². The topological polar surface area (TPSA) is 90.5 Å². The van der Waals surface area contributed by atoms with Gasteiger partial charge in [0.1, 0.15) is 5.76 Å². The number of amides is 1. The Morgan fingerprint density at radius 2 is 1.83 bits per heavy atom. The minimum absolute atomic E-state index is 0.167. The first kappa shape index (κ1) is 21.1. The van der Waals surface area contributed by atoms with Gasteiger partial charge >= 0.3 is 5.97 Å². The molecule has 0 radical (unpaired) electrons. The number of hydrogen-bond acceptors (Lipinski definition) is 5. The van der Waals surface area contributed by atoms with Gasteiger partial charge in [-0.15, -0.1) is 0 Å². The number of ether oxygens (including phenoxy) is 1. The molecule has 0 fully saturated rings. The van der Waals surface area contributed by atoms with Crippen molar-refractivity contribution in [2.75, 3.05) is 5.32 Å². The van der Waals surface area contributed by atoms with Crippen LogP contribution in [0.25, 0.3) is 0 Å². The van der Waals surface area contributed by atoms with Crippen molar-refractivity contribution in [2.24, 2.45) is 0 Å². The van der Waals surface area contributed by atoms with Crippen molar-refractivity contribution in [3.8, 4) is 0 Å². The summed E-state index contributed by atoms with van der Waals surface area (Å²) in [5.41, 5.74) is 2.77. The summed E-state index contributed by atoms with van der Waals surface area (Å²) in [5.74, 6) is -0.495. The fourth-order valence-electron chi connectivity index (χ4n) is 3.22. The van der Waals surface area contributed by atoms with Crippen molar-refractivity contribution in [3.05, 3.63) is 77.0 Å². The quantitative estimate of drug-likeness (QED) is 0.469. The molecule has 0 spiro atoms. The van der Waals surface area contributed by atoms with Crippen molar-refractivity contribution in [1.82, 2.24) is 4.57 Å². The highest BCUT2D eigenvalue weighted by molar-refractivity contribution is 6.05. The molecule has 3 rings (SSSR count). The molecule has 0 aliphatic rings. The third-order valence-corrected chi connectivity index (χ3v) is 4.90. The third kappa shape index (κ3) is 4.51. The highest BCUT2D eigenvalue weighted by Crippen LogP contribution is 2.20. The van der Waals surface area contributed by atoms with Crippen LogP contribution in [0.15, 0.2) is 53.1 Å². The second kappa shape index (κ2) is 8.82. The molecule has 7 heteroatoms. The SMILES string of the molecule is CC(=O)c1ccccc1NC(=O)[C@@H](C)OC(=O)c1cc(C)n(Cc2ccco2)c1C. The van der Waals surface area contributed by atoms with E-state index in [1.54, 1.807) is 36.6 Å². The Morgan fingerprint density at radius 1 is 1.10 bits per heavy atom. The van der Waals surface area contributed by atoms with Gasteiger partial charge in [0, 0.05) is 17.0 Å². The van der Waals surface area contributed by atoms with Crippen molar-refractivity contribution in [2.45, 2.75) is 40.3 Å². The Bertz CT molecular complexity index is 1080. The van der Waals surface area contributed by atoms with Gasteiger partial charge in [-0.2, -0.15) is 0 Å². The van der Waals surface area contributed by atoms with E-state index in [-0.39, 0.29) is 5.78 Å². The normalized spacial score (nSPS) is 11.7. The highest BCUT2D eigenvalue weighted by atomic mass is 16.5. The average Bonchev–Trinajstić information content (AvgIpc) is 3.32. The van der Waals surface area contributed by atoms with Gasteiger partial charge in [0.25, 0.3) is 5.91 Å². The van der Waals surface area contributed by atoms with Crippen LogP contribution in [0.1, 0.15) is 51.7 Å². The van der Waals surface area contributed by atoms with Crippen molar-refractivity contribution < 1.29 is 23.5 Å². The maximum Gasteiger partial charge on any atom is 0.340 e. The molecule has 7 nitrogen and oxygen atoms in total. The summed E-state index contributed by atoms with van der Waals surface area (Å²) in [4.78, 5) is 36.9. The van der Waals surface area contributed by atoms with E-state index in [4.69, 9.17) is 9.15 Å². The van der Waals surface area contributed by atoms with Gasteiger partial charge in [-0.05, 0) is 58.0 Å². The molecule has 1 amide bonds. The van der Waals surface area contributed by atoms with Crippen molar-refractivity contribution in [3.63, 3.8) is 0 Å². The monoisotopic (exact) mass is 408 g/mol. The first-order valence-corrected chi connectivity index (χ1v) is 9.59. The van der Waals surface area contributed by atoms with Gasteiger partial charge in [-0.25, -0.2) is 4.79 Å². The Morgan fingerprint density at radius 3 is 2.50 bits per heavy atom. The van der Waals surface area contributed by atoms with Crippen LogP contribution in [0, 0.1) is 13.8 Å². The number of nitrogens with zero attached hydrogens (tertiary/aromatic N) is 1. The second-order valence-corrected chi connectivity index (χ2v) is 7.09. The van der Waals surface area contributed by atoms with Crippen LogP contribution in [0.3, 0.4) is 0 Å². The number of anilines is 1. The summed E-state index contributed by atoms with van der Waals surface area (Å²) >= 11 is 0. The lowest BCUT2D eigenvalue weighted by Crippen LogP contribution is -2.30. The summed E-state index contributed by atoms with van der Waals surface area (Å²) in [6.07, 6.45) is 0.564. The number of esters is 1.